The van der Waals surface area contributed by atoms with Gasteiger partial charge in [-0.25, -0.2) is 9.37 Å². The van der Waals surface area contributed by atoms with Gasteiger partial charge in [0, 0.05) is 22.5 Å². The van der Waals surface area contributed by atoms with Gasteiger partial charge in [0.15, 0.2) is 0 Å². The number of halogens is 2. The van der Waals surface area contributed by atoms with Gasteiger partial charge in [-0.2, -0.15) is 0 Å². The van der Waals surface area contributed by atoms with Crippen molar-refractivity contribution in [3.05, 3.63) is 28.5 Å². The molecule has 6 heteroatoms. The van der Waals surface area contributed by atoms with E-state index in [1.54, 1.807) is 0 Å². The third-order valence-corrected chi connectivity index (χ3v) is 4.40. The quantitative estimate of drug-likeness (QED) is 0.739. The Morgan fingerprint density at radius 2 is 2.20 bits per heavy atom. The fourth-order valence-corrected chi connectivity index (χ4v) is 3.31. The average Bonchev–Trinajstić information content (AvgIpc) is 2.45. The van der Waals surface area contributed by atoms with Crippen LogP contribution in [0.15, 0.2) is 22.7 Å². The van der Waals surface area contributed by atoms with Crippen LogP contribution in [0.5, 0.6) is 5.88 Å². The maximum Gasteiger partial charge on any atom is 0.238 e. The van der Waals surface area contributed by atoms with Gasteiger partial charge >= 0.3 is 0 Å². The fraction of sp³-hybridized carbons (Fsp3) is 0.357. The number of aromatic nitrogens is 1. The molecular formula is C14H12BrFN2O2. The molecule has 0 spiro atoms. The molecule has 2 aliphatic rings. The lowest BCUT2D eigenvalue weighted by Gasteiger charge is -2.40. The highest BCUT2D eigenvalue weighted by molar-refractivity contribution is 9.10. The molecule has 0 aliphatic carbocycles. The largest absolute Gasteiger partial charge is 0.474 e. The molecule has 4 nitrogen and oxygen atoms in total. The van der Waals surface area contributed by atoms with Gasteiger partial charge in [0.05, 0.1) is 24.8 Å². The second kappa shape index (κ2) is 4.56. The van der Waals surface area contributed by atoms with Crippen LogP contribution in [0.2, 0.25) is 0 Å². The van der Waals surface area contributed by atoms with Crippen LogP contribution in [0.1, 0.15) is 0 Å². The second-order valence-corrected chi connectivity index (χ2v) is 5.85. The standard InChI is InChI=1S/C14H12BrFN2O2/c15-11-3-8(16)4-12-10(11)5-13-14(17-12)20-7-9-6-19-2-1-18(9)13/h3-5,9H,1-2,6-7H2/t9-/m0/s1. The van der Waals surface area contributed by atoms with Crippen molar-refractivity contribution in [1.29, 1.82) is 0 Å². The molecule has 2 aromatic rings. The number of ether oxygens (including phenoxy) is 2. The van der Waals surface area contributed by atoms with Crippen LogP contribution in [-0.4, -0.2) is 37.4 Å². The first-order valence-corrected chi connectivity index (χ1v) is 7.28. The molecule has 1 saturated heterocycles. The first-order chi connectivity index (χ1) is 9.72. The number of pyridine rings is 1. The Balaban J connectivity index is 1.91. The number of anilines is 1. The minimum absolute atomic E-state index is 0.231. The number of hydrogen-bond donors (Lipinski definition) is 0. The molecule has 20 heavy (non-hydrogen) atoms. The lowest BCUT2D eigenvalue weighted by Crippen LogP contribution is -2.51. The van der Waals surface area contributed by atoms with Crippen LogP contribution >= 0.6 is 15.9 Å². The highest BCUT2D eigenvalue weighted by Gasteiger charge is 2.31. The highest BCUT2D eigenvalue weighted by Crippen LogP contribution is 2.38. The van der Waals surface area contributed by atoms with Crippen molar-refractivity contribution in [2.75, 3.05) is 31.3 Å². The predicted molar refractivity (Wildman–Crippen MR) is 76.8 cm³/mol. The number of benzene rings is 1. The number of rotatable bonds is 0. The summed E-state index contributed by atoms with van der Waals surface area (Å²) in [6, 6.07) is 5.12. The van der Waals surface area contributed by atoms with Gasteiger partial charge in [-0.1, -0.05) is 0 Å². The molecule has 0 saturated carbocycles. The fourth-order valence-electron chi connectivity index (χ4n) is 2.77. The number of morpholine rings is 1. The Bertz CT molecular complexity index is 694. The van der Waals surface area contributed by atoms with Crippen molar-refractivity contribution < 1.29 is 13.9 Å². The van der Waals surface area contributed by atoms with Gasteiger partial charge in [-0.15, -0.1) is 0 Å². The van der Waals surface area contributed by atoms with Crippen molar-refractivity contribution >= 4 is 32.5 Å². The minimum Gasteiger partial charge on any atom is -0.474 e. The molecule has 4 rings (SSSR count). The van der Waals surface area contributed by atoms with E-state index in [4.69, 9.17) is 9.47 Å². The van der Waals surface area contributed by atoms with E-state index in [1.165, 1.54) is 12.1 Å². The van der Waals surface area contributed by atoms with Crippen LogP contribution in [0.4, 0.5) is 10.1 Å². The molecule has 1 aromatic heterocycles. The van der Waals surface area contributed by atoms with E-state index in [9.17, 15) is 4.39 Å². The Kier molecular flexibility index (Phi) is 2.82. The van der Waals surface area contributed by atoms with Gasteiger partial charge in [-0.05, 0) is 28.1 Å². The molecule has 0 N–H and O–H groups in total. The van der Waals surface area contributed by atoms with Crippen LogP contribution in [0.25, 0.3) is 10.9 Å². The maximum absolute atomic E-state index is 13.5. The highest BCUT2D eigenvalue weighted by atomic mass is 79.9. The Morgan fingerprint density at radius 1 is 1.30 bits per heavy atom. The summed E-state index contributed by atoms with van der Waals surface area (Å²) in [7, 11) is 0. The summed E-state index contributed by atoms with van der Waals surface area (Å²) in [5.74, 6) is 0.269. The molecular weight excluding hydrogens is 327 g/mol. The van der Waals surface area contributed by atoms with E-state index >= 15 is 0 Å². The molecule has 0 radical (unpaired) electrons. The smallest absolute Gasteiger partial charge is 0.238 e. The molecule has 0 bridgehead atoms. The zero-order valence-corrected chi connectivity index (χ0v) is 12.2. The van der Waals surface area contributed by atoms with Crippen molar-refractivity contribution in [1.82, 2.24) is 4.98 Å². The SMILES string of the molecule is Fc1cc(Br)c2cc3c(nc2c1)OC[C@@H]1COCCN31. The summed E-state index contributed by atoms with van der Waals surface area (Å²) < 4.78 is 25.4. The van der Waals surface area contributed by atoms with Crippen molar-refractivity contribution in [2.45, 2.75) is 6.04 Å². The van der Waals surface area contributed by atoms with E-state index in [1.807, 2.05) is 6.07 Å². The van der Waals surface area contributed by atoms with E-state index in [2.05, 4.69) is 25.8 Å². The van der Waals surface area contributed by atoms with Gasteiger partial charge in [0.2, 0.25) is 5.88 Å². The monoisotopic (exact) mass is 338 g/mol. The zero-order chi connectivity index (χ0) is 13.7. The molecule has 104 valence electrons. The minimum atomic E-state index is -0.308. The van der Waals surface area contributed by atoms with E-state index in [0.29, 0.717) is 35.7 Å². The average molecular weight is 339 g/mol. The molecule has 1 fully saturated rings. The topological polar surface area (TPSA) is 34.6 Å². The van der Waals surface area contributed by atoms with Crippen molar-refractivity contribution in [3.8, 4) is 5.88 Å². The van der Waals surface area contributed by atoms with Crippen molar-refractivity contribution in [3.63, 3.8) is 0 Å². The van der Waals surface area contributed by atoms with E-state index in [-0.39, 0.29) is 11.9 Å². The Labute approximate surface area is 123 Å². The number of hydrogen-bond acceptors (Lipinski definition) is 4. The molecule has 3 heterocycles. The third kappa shape index (κ3) is 1.86. The summed E-state index contributed by atoms with van der Waals surface area (Å²) in [4.78, 5) is 6.72. The summed E-state index contributed by atoms with van der Waals surface area (Å²) in [5.41, 5.74) is 1.56. The first-order valence-electron chi connectivity index (χ1n) is 6.49. The van der Waals surface area contributed by atoms with Crippen molar-refractivity contribution in [2.24, 2.45) is 0 Å². The summed E-state index contributed by atoms with van der Waals surface area (Å²) in [5, 5.41) is 0.890. The van der Waals surface area contributed by atoms with Crippen LogP contribution in [-0.2, 0) is 4.74 Å². The Morgan fingerprint density at radius 3 is 3.10 bits per heavy atom. The molecule has 2 aliphatic heterocycles. The first kappa shape index (κ1) is 12.3. The normalized spacial score (nSPS) is 21.3. The van der Waals surface area contributed by atoms with Gasteiger partial charge in [0.1, 0.15) is 18.1 Å². The predicted octanol–water partition coefficient (Wildman–Crippen LogP) is 2.73. The summed E-state index contributed by atoms with van der Waals surface area (Å²) in [6.45, 7) is 2.76. The summed E-state index contributed by atoms with van der Waals surface area (Å²) in [6.07, 6.45) is 0. The second-order valence-electron chi connectivity index (χ2n) is 5.00. The van der Waals surface area contributed by atoms with E-state index < -0.39 is 0 Å². The number of fused-ring (bicyclic) bond motifs is 4. The third-order valence-electron chi connectivity index (χ3n) is 3.74. The number of nitrogens with zero attached hydrogens (tertiary/aromatic N) is 2. The van der Waals surface area contributed by atoms with Gasteiger partial charge in [0.25, 0.3) is 0 Å². The zero-order valence-electron chi connectivity index (χ0n) is 10.6. The summed E-state index contributed by atoms with van der Waals surface area (Å²) >= 11 is 3.40. The molecule has 1 atom stereocenters. The molecule has 1 aromatic carbocycles. The molecule has 0 unspecified atom stereocenters. The van der Waals surface area contributed by atoms with Crippen LogP contribution in [0, 0.1) is 5.82 Å². The molecule has 0 amide bonds. The van der Waals surface area contributed by atoms with Gasteiger partial charge < -0.3 is 14.4 Å². The maximum atomic E-state index is 13.5. The Hall–Kier alpha value is -1.40. The van der Waals surface area contributed by atoms with Crippen LogP contribution in [0.3, 0.4) is 0 Å². The lowest BCUT2D eigenvalue weighted by atomic mass is 10.1. The lowest BCUT2D eigenvalue weighted by molar-refractivity contribution is 0.0694. The van der Waals surface area contributed by atoms with Crippen LogP contribution < -0.4 is 9.64 Å². The van der Waals surface area contributed by atoms with E-state index in [0.717, 1.165) is 17.6 Å². The van der Waals surface area contributed by atoms with Gasteiger partial charge in [-0.3, -0.25) is 0 Å².